The first-order chi connectivity index (χ1) is 13.1. The fourth-order valence-corrected chi connectivity index (χ4v) is 3.68. The number of aromatic nitrogens is 1. The lowest BCUT2D eigenvalue weighted by Gasteiger charge is -2.42. The number of para-hydroxylation sites is 1. The van der Waals surface area contributed by atoms with Gasteiger partial charge in [0.05, 0.1) is 25.8 Å². The van der Waals surface area contributed by atoms with Crippen molar-refractivity contribution in [2.75, 3.05) is 26.7 Å². The second-order valence-electron chi connectivity index (χ2n) is 6.88. The topological polar surface area (TPSA) is 80.8 Å². The van der Waals surface area contributed by atoms with Crippen LogP contribution in [0.15, 0.2) is 42.6 Å². The first-order valence-electron chi connectivity index (χ1n) is 8.96. The molecule has 27 heavy (non-hydrogen) atoms. The van der Waals surface area contributed by atoms with Crippen LogP contribution in [0.1, 0.15) is 33.6 Å². The third-order valence-electron chi connectivity index (χ3n) is 5.05. The molecule has 0 saturated carbocycles. The number of carbonyl (C=O) groups is 2. The lowest BCUT2D eigenvalue weighted by molar-refractivity contribution is -0.000874. The van der Waals surface area contributed by atoms with Gasteiger partial charge in [-0.2, -0.15) is 0 Å². The highest BCUT2D eigenvalue weighted by Crippen LogP contribution is 2.32. The van der Waals surface area contributed by atoms with Gasteiger partial charge in [-0.1, -0.05) is 12.1 Å². The van der Waals surface area contributed by atoms with E-state index in [1.807, 2.05) is 12.1 Å². The number of piperidine rings is 1. The van der Waals surface area contributed by atoms with E-state index in [-0.39, 0.29) is 11.8 Å². The molecule has 1 spiro atoms. The Labute approximate surface area is 157 Å². The van der Waals surface area contributed by atoms with Gasteiger partial charge in [-0.05, 0) is 31.0 Å². The highest BCUT2D eigenvalue weighted by molar-refractivity contribution is 5.97. The van der Waals surface area contributed by atoms with E-state index in [1.54, 1.807) is 35.4 Å². The number of nitrogens with zero attached hydrogens (tertiary/aromatic N) is 2. The second kappa shape index (κ2) is 6.90. The normalized spacial score (nSPS) is 21.7. The van der Waals surface area contributed by atoms with E-state index in [2.05, 4.69) is 10.3 Å². The van der Waals surface area contributed by atoms with Gasteiger partial charge in [0.15, 0.2) is 0 Å². The highest BCUT2D eigenvalue weighted by Gasteiger charge is 2.42. The van der Waals surface area contributed by atoms with Crippen LogP contribution in [0, 0.1) is 0 Å². The summed E-state index contributed by atoms with van der Waals surface area (Å²) >= 11 is 0. The maximum absolute atomic E-state index is 13.0. The van der Waals surface area contributed by atoms with Crippen molar-refractivity contribution >= 4 is 11.8 Å². The molecule has 7 nitrogen and oxygen atoms in total. The summed E-state index contributed by atoms with van der Waals surface area (Å²) in [6.45, 7) is 1.42. The van der Waals surface area contributed by atoms with Crippen LogP contribution in [0.4, 0.5) is 0 Å². The molecule has 140 valence electrons. The summed E-state index contributed by atoms with van der Waals surface area (Å²) in [6.07, 6.45) is 3.13. The van der Waals surface area contributed by atoms with Crippen molar-refractivity contribution in [2.45, 2.75) is 18.4 Å². The van der Waals surface area contributed by atoms with Crippen LogP contribution in [0.25, 0.3) is 0 Å². The average Bonchev–Trinajstić information content (AvgIpc) is 2.84. The Bertz CT molecular complexity index is 885. The molecular formula is C20H21N3O4. The number of methoxy groups -OCH3 is 1. The van der Waals surface area contributed by atoms with Crippen LogP contribution in [-0.4, -0.2) is 54.0 Å². The summed E-state index contributed by atoms with van der Waals surface area (Å²) in [7, 11) is 1.52. The van der Waals surface area contributed by atoms with E-state index in [0.717, 1.165) is 12.8 Å². The lowest BCUT2D eigenvalue weighted by atomic mass is 9.92. The van der Waals surface area contributed by atoms with E-state index in [4.69, 9.17) is 9.47 Å². The Morgan fingerprint density at radius 3 is 3.04 bits per heavy atom. The number of carbonyl (C=O) groups excluding carboxylic acids is 2. The van der Waals surface area contributed by atoms with Crippen LogP contribution in [-0.2, 0) is 0 Å². The average molecular weight is 367 g/mol. The predicted octanol–water partition coefficient (Wildman–Crippen LogP) is 1.89. The van der Waals surface area contributed by atoms with Gasteiger partial charge in [0.1, 0.15) is 11.4 Å². The Morgan fingerprint density at radius 1 is 1.33 bits per heavy atom. The summed E-state index contributed by atoms with van der Waals surface area (Å²) in [5.74, 6) is 0.721. The van der Waals surface area contributed by atoms with Crippen molar-refractivity contribution in [3.8, 4) is 11.6 Å². The molecule has 1 saturated heterocycles. The molecule has 0 aliphatic carbocycles. The number of amides is 2. The minimum Gasteiger partial charge on any atom is -0.483 e. The number of hydrogen-bond acceptors (Lipinski definition) is 5. The Balaban J connectivity index is 1.59. The van der Waals surface area contributed by atoms with Crippen molar-refractivity contribution in [1.82, 2.24) is 15.2 Å². The zero-order valence-corrected chi connectivity index (χ0v) is 15.1. The molecule has 1 fully saturated rings. The number of pyridine rings is 1. The molecule has 0 radical (unpaired) electrons. The number of nitrogens with one attached hydrogen (secondary N) is 1. The van der Waals surface area contributed by atoms with Gasteiger partial charge in [-0.15, -0.1) is 0 Å². The van der Waals surface area contributed by atoms with Gasteiger partial charge in [-0.3, -0.25) is 9.59 Å². The smallest absolute Gasteiger partial charge is 0.255 e. The molecule has 7 heteroatoms. The molecular weight excluding hydrogens is 346 g/mol. The van der Waals surface area contributed by atoms with Crippen LogP contribution in [0.2, 0.25) is 0 Å². The maximum Gasteiger partial charge on any atom is 0.255 e. The fraction of sp³-hybridized carbons (Fsp3) is 0.350. The summed E-state index contributed by atoms with van der Waals surface area (Å²) in [5.41, 5.74) is 0.418. The monoisotopic (exact) mass is 367 g/mol. The first kappa shape index (κ1) is 17.3. The summed E-state index contributed by atoms with van der Waals surface area (Å²) in [5, 5.41) is 2.95. The van der Waals surface area contributed by atoms with Gasteiger partial charge >= 0.3 is 0 Å². The van der Waals surface area contributed by atoms with Gasteiger partial charge in [0.2, 0.25) is 5.88 Å². The van der Waals surface area contributed by atoms with Gasteiger partial charge in [-0.25, -0.2) is 4.98 Å². The number of benzene rings is 1. The molecule has 2 aliphatic heterocycles. The van der Waals surface area contributed by atoms with Crippen molar-refractivity contribution in [3.63, 3.8) is 0 Å². The van der Waals surface area contributed by atoms with Gasteiger partial charge < -0.3 is 19.7 Å². The SMILES string of the molecule is COc1cc(C(=O)N2CCC[C@@]3(CNC(=O)c4ccccc4O3)C2)ccn1. The van der Waals surface area contributed by atoms with Gasteiger partial charge in [0.25, 0.3) is 11.8 Å². The molecule has 1 N–H and O–H groups in total. The summed E-state index contributed by atoms with van der Waals surface area (Å²) in [6, 6.07) is 10.5. The second-order valence-corrected chi connectivity index (χ2v) is 6.88. The zero-order chi connectivity index (χ0) is 18.9. The highest BCUT2D eigenvalue weighted by atomic mass is 16.5. The van der Waals surface area contributed by atoms with E-state index in [0.29, 0.717) is 42.4 Å². The minimum absolute atomic E-state index is 0.0952. The zero-order valence-electron chi connectivity index (χ0n) is 15.1. The largest absolute Gasteiger partial charge is 0.483 e. The molecule has 1 aromatic carbocycles. The molecule has 1 aromatic heterocycles. The van der Waals surface area contributed by atoms with Crippen LogP contribution in [0.5, 0.6) is 11.6 Å². The number of fused-ring (bicyclic) bond motifs is 1. The van der Waals surface area contributed by atoms with Crippen LogP contribution in [0.3, 0.4) is 0 Å². The van der Waals surface area contributed by atoms with Crippen molar-refractivity contribution in [2.24, 2.45) is 0 Å². The number of hydrogen-bond donors (Lipinski definition) is 1. The molecule has 4 rings (SSSR count). The molecule has 2 amide bonds. The Morgan fingerprint density at radius 2 is 2.19 bits per heavy atom. The maximum atomic E-state index is 13.0. The van der Waals surface area contributed by atoms with Crippen LogP contribution >= 0.6 is 0 Å². The van der Waals surface area contributed by atoms with Gasteiger partial charge in [0, 0.05) is 24.4 Å². The van der Waals surface area contributed by atoms with E-state index in [9.17, 15) is 9.59 Å². The van der Waals surface area contributed by atoms with Crippen LogP contribution < -0.4 is 14.8 Å². The van der Waals surface area contributed by atoms with E-state index < -0.39 is 5.60 Å². The summed E-state index contributed by atoms with van der Waals surface area (Å²) in [4.78, 5) is 31.2. The quantitative estimate of drug-likeness (QED) is 0.877. The van der Waals surface area contributed by atoms with Crippen molar-refractivity contribution in [3.05, 3.63) is 53.7 Å². The Kier molecular flexibility index (Phi) is 4.43. The molecule has 2 aliphatic rings. The molecule has 2 aromatic rings. The number of likely N-dealkylation sites (tertiary alicyclic amines) is 1. The third kappa shape index (κ3) is 3.32. The molecule has 0 bridgehead atoms. The first-order valence-corrected chi connectivity index (χ1v) is 8.96. The molecule has 0 unspecified atom stereocenters. The standard InChI is InChI=1S/C20H21N3O4/c1-26-17-11-14(7-9-21-17)19(25)23-10-4-8-20(13-23)12-22-18(24)15-5-2-3-6-16(15)27-20/h2-3,5-7,9,11H,4,8,10,12-13H2,1H3,(H,22,24)/t20-/m1/s1. The van der Waals surface area contributed by atoms with E-state index in [1.165, 1.54) is 7.11 Å². The summed E-state index contributed by atoms with van der Waals surface area (Å²) < 4.78 is 11.4. The fourth-order valence-electron chi connectivity index (χ4n) is 3.68. The van der Waals surface area contributed by atoms with E-state index >= 15 is 0 Å². The number of ether oxygens (including phenoxy) is 2. The molecule has 3 heterocycles. The van der Waals surface area contributed by atoms with Crippen molar-refractivity contribution < 1.29 is 19.1 Å². The minimum atomic E-state index is -0.632. The predicted molar refractivity (Wildman–Crippen MR) is 98.1 cm³/mol. The Hall–Kier alpha value is -3.09. The molecule has 1 atom stereocenters. The number of rotatable bonds is 2. The van der Waals surface area contributed by atoms with Crippen molar-refractivity contribution in [1.29, 1.82) is 0 Å². The third-order valence-corrected chi connectivity index (χ3v) is 5.05. The lowest BCUT2D eigenvalue weighted by Crippen LogP contribution is -2.57.